The summed E-state index contributed by atoms with van der Waals surface area (Å²) in [6.07, 6.45) is 8.90. The molecule has 1 aromatic carbocycles. The molecule has 39 heavy (non-hydrogen) atoms. The summed E-state index contributed by atoms with van der Waals surface area (Å²) >= 11 is 1.27. The average Bonchev–Trinajstić information content (AvgIpc) is 3.30. The van der Waals surface area contributed by atoms with E-state index in [0.717, 1.165) is 42.6 Å². The van der Waals surface area contributed by atoms with Gasteiger partial charge in [0.15, 0.2) is 5.79 Å². The molecule has 2 aliphatic rings. The molecule has 2 saturated heterocycles. The molecule has 7 nitrogen and oxygen atoms in total. The van der Waals surface area contributed by atoms with E-state index in [4.69, 9.17) is 18.9 Å². The fraction of sp³-hybridized carbons (Fsp3) is 0.548. The maximum atomic E-state index is 13.1. The second kappa shape index (κ2) is 14.7. The molecule has 2 aliphatic heterocycles. The highest BCUT2D eigenvalue weighted by atomic mass is 32.2. The van der Waals surface area contributed by atoms with E-state index in [1.54, 1.807) is 20.3 Å². The molecular formula is C31H43NO6S. The molecule has 0 N–H and O–H groups in total. The summed E-state index contributed by atoms with van der Waals surface area (Å²) in [6, 6.07) is 7.35. The summed E-state index contributed by atoms with van der Waals surface area (Å²) in [5.41, 5.74) is 1.93. The highest BCUT2D eigenvalue weighted by Crippen LogP contribution is 2.43. The van der Waals surface area contributed by atoms with Gasteiger partial charge in [-0.3, -0.25) is 4.79 Å². The quantitative estimate of drug-likeness (QED) is 0.143. The Bertz CT molecular complexity index is 1020. The fourth-order valence-electron chi connectivity index (χ4n) is 5.11. The van der Waals surface area contributed by atoms with Crippen molar-refractivity contribution in [1.29, 1.82) is 0 Å². The van der Waals surface area contributed by atoms with Gasteiger partial charge in [-0.1, -0.05) is 48.5 Å². The highest BCUT2D eigenvalue weighted by molar-refractivity contribution is 8.13. The molecule has 0 aromatic heterocycles. The molecule has 5 atom stereocenters. The summed E-state index contributed by atoms with van der Waals surface area (Å²) < 4.78 is 24.1. The van der Waals surface area contributed by atoms with Crippen LogP contribution in [0.3, 0.4) is 0 Å². The minimum Gasteiger partial charge on any atom is -0.497 e. The Hall–Kier alpha value is -2.55. The number of allylic oxidation sites excluding steroid dienone is 3. The van der Waals surface area contributed by atoms with Crippen LogP contribution in [0.4, 0.5) is 4.79 Å². The van der Waals surface area contributed by atoms with Crippen LogP contribution >= 0.6 is 11.8 Å². The molecule has 1 amide bonds. The van der Waals surface area contributed by atoms with Gasteiger partial charge in [0.05, 0.1) is 19.3 Å². The molecule has 0 radical (unpaired) electrons. The van der Waals surface area contributed by atoms with Crippen molar-refractivity contribution in [2.75, 3.05) is 20.0 Å². The predicted molar refractivity (Wildman–Crippen MR) is 156 cm³/mol. The van der Waals surface area contributed by atoms with Gasteiger partial charge < -0.3 is 23.8 Å². The monoisotopic (exact) mass is 557 g/mol. The lowest BCUT2D eigenvalue weighted by molar-refractivity contribution is -0.305. The molecule has 214 valence electrons. The van der Waals surface area contributed by atoms with Crippen LogP contribution in [-0.4, -0.2) is 60.1 Å². The number of nitrogens with zero attached hydrogens (tertiary/aromatic N) is 1. The van der Waals surface area contributed by atoms with Gasteiger partial charge in [0.2, 0.25) is 0 Å². The number of ether oxygens (including phenoxy) is 4. The highest BCUT2D eigenvalue weighted by Gasteiger charge is 2.54. The number of esters is 1. The van der Waals surface area contributed by atoms with Gasteiger partial charge in [0, 0.05) is 38.3 Å². The van der Waals surface area contributed by atoms with Gasteiger partial charge in [-0.05, 0) is 56.2 Å². The van der Waals surface area contributed by atoms with Crippen molar-refractivity contribution in [2.45, 2.75) is 83.0 Å². The molecule has 2 unspecified atom stereocenters. The smallest absolute Gasteiger partial charge is 0.330 e. The number of methoxy groups -OCH3 is 2. The number of amides is 1. The number of carbonyl (C=O) groups is 2. The minimum absolute atomic E-state index is 0.0208. The minimum atomic E-state index is -1.10. The second-order valence-corrected chi connectivity index (χ2v) is 11.4. The Morgan fingerprint density at radius 1 is 1.28 bits per heavy atom. The number of benzene rings is 1. The molecule has 8 heteroatoms. The first-order chi connectivity index (χ1) is 18.7. The third-order valence-corrected chi connectivity index (χ3v) is 8.44. The van der Waals surface area contributed by atoms with E-state index in [1.165, 1.54) is 11.8 Å². The topological polar surface area (TPSA) is 74.3 Å². The third-order valence-electron chi connectivity index (χ3n) is 7.48. The number of hydrogen-bond donors (Lipinski definition) is 0. The zero-order valence-electron chi connectivity index (χ0n) is 23.7. The predicted octanol–water partition coefficient (Wildman–Crippen LogP) is 6.68. The Morgan fingerprint density at radius 3 is 2.67 bits per heavy atom. The maximum absolute atomic E-state index is 13.1. The van der Waals surface area contributed by atoms with E-state index in [-0.39, 0.29) is 23.4 Å². The molecule has 0 bridgehead atoms. The first-order valence-corrected chi connectivity index (χ1v) is 14.6. The molecule has 2 heterocycles. The van der Waals surface area contributed by atoms with Crippen molar-refractivity contribution in [3.05, 3.63) is 66.8 Å². The van der Waals surface area contributed by atoms with Gasteiger partial charge >= 0.3 is 5.97 Å². The molecule has 3 rings (SSSR count). The normalized spacial score (nSPS) is 26.3. The van der Waals surface area contributed by atoms with Gasteiger partial charge in [-0.2, -0.15) is 0 Å². The molecule has 0 aliphatic carbocycles. The second-order valence-electron chi connectivity index (χ2n) is 10.4. The van der Waals surface area contributed by atoms with E-state index in [2.05, 4.69) is 20.1 Å². The number of rotatable bonds is 14. The summed E-state index contributed by atoms with van der Waals surface area (Å²) in [6.45, 7) is 12.1. The van der Waals surface area contributed by atoms with Crippen molar-refractivity contribution in [1.82, 2.24) is 4.90 Å². The van der Waals surface area contributed by atoms with Crippen molar-refractivity contribution >= 4 is 23.0 Å². The largest absolute Gasteiger partial charge is 0.497 e. The zero-order chi connectivity index (χ0) is 28.4. The number of carbonyl (C=O) groups excluding carboxylic acids is 2. The third kappa shape index (κ3) is 8.47. The van der Waals surface area contributed by atoms with Crippen molar-refractivity contribution < 1.29 is 28.5 Å². The van der Waals surface area contributed by atoms with Crippen LogP contribution in [0.25, 0.3) is 0 Å². The van der Waals surface area contributed by atoms with E-state index >= 15 is 0 Å². The fourth-order valence-corrected chi connectivity index (χ4v) is 6.20. The van der Waals surface area contributed by atoms with Crippen LogP contribution in [-0.2, 0) is 25.5 Å². The first kappa shape index (κ1) is 31.0. The summed E-state index contributed by atoms with van der Waals surface area (Å²) in [5.74, 6) is 0.160. The van der Waals surface area contributed by atoms with Crippen LogP contribution in [0.2, 0.25) is 0 Å². The lowest BCUT2D eigenvalue weighted by atomic mass is 9.89. The average molecular weight is 558 g/mol. The van der Waals surface area contributed by atoms with Gasteiger partial charge in [-0.25, -0.2) is 4.79 Å². The molecule has 2 fully saturated rings. The van der Waals surface area contributed by atoms with Crippen molar-refractivity contribution in [3.8, 4) is 5.75 Å². The van der Waals surface area contributed by atoms with E-state index in [9.17, 15) is 9.59 Å². The van der Waals surface area contributed by atoms with E-state index in [1.807, 2.05) is 48.2 Å². The van der Waals surface area contributed by atoms with Crippen molar-refractivity contribution in [2.24, 2.45) is 5.92 Å². The van der Waals surface area contributed by atoms with E-state index < -0.39 is 11.9 Å². The van der Waals surface area contributed by atoms with Crippen LogP contribution in [0, 0.1) is 5.92 Å². The molecular weight excluding hydrogens is 514 g/mol. The van der Waals surface area contributed by atoms with Gasteiger partial charge in [-0.15, -0.1) is 13.2 Å². The lowest BCUT2D eigenvalue weighted by Gasteiger charge is -2.48. The summed E-state index contributed by atoms with van der Waals surface area (Å²) in [4.78, 5) is 27.7. The molecule has 0 saturated carbocycles. The summed E-state index contributed by atoms with van der Waals surface area (Å²) in [7, 11) is 3.24. The van der Waals surface area contributed by atoms with Gasteiger partial charge in [0.25, 0.3) is 5.24 Å². The van der Waals surface area contributed by atoms with Crippen LogP contribution < -0.4 is 4.74 Å². The Labute approximate surface area is 237 Å². The number of hydrogen-bond acceptors (Lipinski definition) is 7. The van der Waals surface area contributed by atoms with Crippen LogP contribution in [0.15, 0.2) is 61.2 Å². The van der Waals surface area contributed by atoms with E-state index in [0.29, 0.717) is 31.1 Å². The van der Waals surface area contributed by atoms with Crippen LogP contribution in [0.1, 0.15) is 57.9 Å². The van der Waals surface area contributed by atoms with Crippen LogP contribution in [0.5, 0.6) is 5.75 Å². The Kier molecular flexibility index (Phi) is 11.7. The molecule has 0 spiro atoms. The Balaban J connectivity index is 1.84. The Morgan fingerprint density at radius 2 is 2.03 bits per heavy atom. The summed E-state index contributed by atoms with van der Waals surface area (Å²) in [5, 5.41) is -0.0208. The maximum Gasteiger partial charge on any atom is 0.330 e. The lowest BCUT2D eigenvalue weighted by Crippen LogP contribution is -2.60. The van der Waals surface area contributed by atoms with Crippen molar-refractivity contribution in [3.63, 3.8) is 0 Å². The molecule has 1 aromatic rings. The standard InChI is InChI=1S/C31H43NO6S/c1-7-9-10-23(4)17-29(33)37-27-18-26(14-11-22(3)8-2)38-31(19-27,36-6)28-21-39-30(34)32(28)20-24-12-15-25(35-5)16-13-24/h7-8,12-13,15-17,22,26-28H,1-2,9-11,14,18-21H2,3-6H3/t22?,26-,27-,28?,31-/m1/s1. The SMILES string of the molecule is C=CCCC(C)=CC(=O)O[C@@H]1C[C@@H](CCC(C)C=C)O[C@@](OC)(C2CSC(=O)N2Cc2ccc(OC)cc2)C1. The number of thioether (sulfide) groups is 1. The first-order valence-electron chi connectivity index (χ1n) is 13.6. The zero-order valence-corrected chi connectivity index (χ0v) is 24.5. The van der Waals surface area contributed by atoms with Gasteiger partial charge in [0.1, 0.15) is 11.9 Å².